The van der Waals surface area contributed by atoms with Crippen molar-refractivity contribution in [1.82, 2.24) is 10.1 Å². The fourth-order valence-corrected chi connectivity index (χ4v) is 3.71. The fraction of sp³-hybridized carbons (Fsp3) is 0.200. The van der Waals surface area contributed by atoms with E-state index in [9.17, 15) is 10.1 Å². The van der Waals surface area contributed by atoms with Gasteiger partial charge >= 0.3 is 0 Å². The zero-order valence-corrected chi connectivity index (χ0v) is 18.6. The molecule has 0 fully saturated rings. The number of hydrogen-bond donors (Lipinski definition) is 1. The van der Waals surface area contributed by atoms with Gasteiger partial charge in [-0.15, -0.1) is 0 Å². The number of fused-ring (bicyclic) bond motifs is 1. The van der Waals surface area contributed by atoms with Crippen LogP contribution in [0.3, 0.4) is 0 Å². The Morgan fingerprint density at radius 1 is 1.09 bits per heavy atom. The molecule has 1 N–H and O–H groups in total. The summed E-state index contributed by atoms with van der Waals surface area (Å²) < 4.78 is 5.38. The second-order valence-corrected chi connectivity index (χ2v) is 8.01. The lowest BCUT2D eigenvalue weighted by Crippen LogP contribution is -2.16. The number of carbonyl (C=O) groups is 1. The lowest BCUT2D eigenvalue weighted by molar-refractivity contribution is 0.102. The third-order valence-corrected chi connectivity index (χ3v) is 5.40. The Labute approximate surface area is 186 Å². The monoisotopic (exact) mass is 425 g/mol. The number of aryl methyl sites for hydroxylation is 3. The minimum Gasteiger partial charge on any atom is -0.377 e. The van der Waals surface area contributed by atoms with Gasteiger partial charge in [0.05, 0.1) is 33.6 Å². The van der Waals surface area contributed by atoms with Crippen LogP contribution in [-0.2, 0) is 0 Å². The van der Waals surface area contributed by atoms with Crippen LogP contribution in [0.5, 0.6) is 0 Å². The highest BCUT2D eigenvalue weighted by molar-refractivity contribution is 6.13. The maximum Gasteiger partial charge on any atom is 0.259 e. The Hall–Kier alpha value is -4.18. The van der Waals surface area contributed by atoms with Gasteiger partial charge in [0.2, 0.25) is 0 Å². The zero-order chi connectivity index (χ0) is 23.0. The predicted octanol–water partition coefficient (Wildman–Crippen LogP) is 5.01. The van der Waals surface area contributed by atoms with Crippen LogP contribution < -0.4 is 10.2 Å². The summed E-state index contributed by atoms with van der Waals surface area (Å²) in [6, 6.07) is 15.4. The molecule has 0 bridgehead atoms. The van der Waals surface area contributed by atoms with Gasteiger partial charge in [0.25, 0.3) is 11.6 Å². The summed E-state index contributed by atoms with van der Waals surface area (Å²) in [4.78, 5) is 19.9. The van der Waals surface area contributed by atoms with Crippen LogP contribution in [0.25, 0.3) is 22.4 Å². The van der Waals surface area contributed by atoms with Crippen molar-refractivity contribution in [2.45, 2.75) is 20.8 Å². The Kier molecular flexibility index (Phi) is 5.37. The van der Waals surface area contributed by atoms with E-state index in [0.717, 1.165) is 22.4 Å². The third-order valence-electron chi connectivity index (χ3n) is 5.40. The molecule has 0 unspecified atom stereocenters. The van der Waals surface area contributed by atoms with Crippen molar-refractivity contribution in [3.63, 3.8) is 0 Å². The number of rotatable bonds is 4. The topological polar surface area (TPSA) is 95.1 Å². The van der Waals surface area contributed by atoms with E-state index in [0.29, 0.717) is 39.3 Å². The first kappa shape index (κ1) is 21.1. The number of carbonyl (C=O) groups excluding carboxylic acids is 1. The largest absolute Gasteiger partial charge is 0.377 e. The van der Waals surface area contributed by atoms with Gasteiger partial charge in [0, 0.05) is 25.3 Å². The van der Waals surface area contributed by atoms with Crippen molar-refractivity contribution in [2.75, 3.05) is 24.3 Å². The van der Waals surface area contributed by atoms with Gasteiger partial charge in [-0.3, -0.25) is 4.79 Å². The first-order chi connectivity index (χ1) is 15.3. The van der Waals surface area contributed by atoms with Gasteiger partial charge in [-0.05, 0) is 44.5 Å². The molecule has 2 heterocycles. The SMILES string of the molecule is Cc1ccc(-c2cc(C(=O)Nc3cc(C)c(N(C)C)cc3C#N)c3c(C)noc3n2)cc1. The highest BCUT2D eigenvalue weighted by Crippen LogP contribution is 2.30. The normalized spacial score (nSPS) is 10.8. The number of nitrogens with one attached hydrogen (secondary N) is 1. The molecule has 0 aliphatic rings. The zero-order valence-electron chi connectivity index (χ0n) is 18.6. The molecule has 0 saturated heterocycles. The summed E-state index contributed by atoms with van der Waals surface area (Å²) in [5.74, 6) is -0.356. The highest BCUT2D eigenvalue weighted by atomic mass is 16.5. The number of hydrogen-bond acceptors (Lipinski definition) is 6. The number of nitrogens with zero attached hydrogens (tertiary/aromatic N) is 4. The van der Waals surface area contributed by atoms with Gasteiger partial charge in [0.15, 0.2) is 0 Å². The van der Waals surface area contributed by atoms with E-state index in [2.05, 4.69) is 21.5 Å². The minimum absolute atomic E-state index is 0.297. The molecule has 0 spiro atoms. The standard InChI is InChI=1S/C25H23N5O2/c1-14-6-8-17(9-7-14)21-12-19(23-16(3)29-32-25(23)28-21)24(31)27-20-10-15(2)22(30(4)5)11-18(20)13-26/h6-12H,1-5H3,(H,27,31). The second-order valence-electron chi connectivity index (χ2n) is 8.01. The number of amides is 1. The number of nitriles is 1. The van der Waals surface area contributed by atoms with Crippen molar-refractivity contribution in [3.05, 3.63) is 70.4 Å². The predicted molar refractivity (Wildman–Crippen MR) is 125 cm³/mol. The van der Waals surface area contributed by atoms with Gasteiger partial charge in [0.1, 0.15) is 6.07 Å². The third kappa shape index (κ3) is 3.79. The van der Waals surface area contributed by atoms with Crippen molar-refractivity contribution < 1.29 is 9.32 Å². The molecule has 1 amide bonds. The molecule has 0 radical (unpaired) electrons. The smallest absolute Gasteiger partial charge is 0.259 e. The Morgan fingerprint density at radius 3 is 2.47 bits per heavy atom. The van der Waals surface area contributed by atoms with Crippen molar-refractivity contribution >= 4 is 28.4 Å². The number of aromatic nitrogens is 2. The first-order valence-electron chi connectivity index (χ1n) is 10.2. The van der Waals surface area contributed by atoms with Crippen LogP contribution in [0, 0.1) is 32.1 Å². The number of pyridine rings is 1. The minimum atomic E-state index is -0.356. The molecule has 32 heavy (non-hydrogen) atoms. The summed E-state index contributed by atoms with van der Waals surface area (Å²) in [5.41, 5.74) is 6.58. The van der Waals surface area contributed by atoms with Crippen LogP contribution in [0.15, 0.2) is 47.0 Å². The number of benzene rings is 2. The van der Waals surface area contributed by atoms with E-state index >= 15 is 0 Å². The van der Waals surface area contributed by atoms with Gasteiger partial charge < -0.3 is 14.7 Å². The quantitative estimate of drug-likeness (QED) is 0.494. The highest BCUT2D eigenvalue weighted by Gasteiger charge is 2.21. The van der Waals surface area contributed by atoms with Crippen molar-refractivity contribution in [2.24, 2.45) is 0 Å². The molecule has 7 heteroatoms. The molecule has 0 aliphatic heterocycles. The van der Waals surface area contributed by atoms with Crippen LogP contribution in [0.4, 0.5) is 11.4 Å². The molecular weight excluding hydrogens is 402 g/mol. The first-order valence-corrected chi connectivity index (χ1v) is 10.2. The molecule has 160 valence electrons. The fourth-order valence-electron chi connectivity index (χ4n) is 3.71. The Morgan fingerprint density at radius 2 is 1.81 bits per heavy atom. The summed E-state index contributed by atoms with van der Waals surface area (Å²) in [6.45, 7) is 5.72. The van der Waals surface area contributed by atoms with Crippen LogP contribution in [0.2, 0.25) is 0 Å². The van der Waals surface area contributed by atoms with Gasteiger partial charge in [-0.25, -0.2) is 4.98 Å². The van der Waals surface area contributed by atoms with Gasteiger partial charge in [-0.2, -0.15) is 5.26 Å². The van der Waals surface area contributed by atoms with Crippen LogP contribution in [-0.4, -0.2) is 30.1 Å². The van der Waals surface area contributed by atoms with Crippen molar-refractivity contribution in [3.8, 4) is 17.3 Å². The molecule has 0 atom stereocenters. The van der Waals surface area contributed by atoms with E-state index in [1.165, 1.54) is 0 Å². The van der Waals surface area contributed by atoms with E-state index in [1.54, 1.807) is 19.1 Å². The van der Waals surface area contributed by atoms with E-state index < -0.39 is 0 Å². The summed E-state index contributed by atoms with van der Waals surface area (Å²) in [5, 5.41) is 17.1. The van der Waals surface area contributed by atoms with Crippen molar-refractivity contribution in [1.29, 1.82) is 5.26 Å². The molecule has 2 aromatic carbocycles. The molecule has 4 aromatic rings. The molecule has 2 aromatic heterocycles. The maximum absolute atomic E-state index is 13.4. The summed E-state index contributed by atoms with van der Waals surface area (Å²) in [6.07, 6.45) is 0. The van der Waals surface area contributed by atoms with Crippen LogP contribution >= 0.6 is 0 Å². The summed E-state index contributed by atoms with van der Waals surface area (Å²) >= 11 is 0. The molecule has 7 nitrogen and oxygen atoms in total. The molecule has 0 aliphatic carbocycles. The number of anilines is 2. The lowest BCUT2D eigenvalue weighted by atomic mass is 10.0. The lowest BCUT2D eigenvalue weighted by Gasteiger charge is -2.18. The Bertz CT molecular complexity index is 1380. The van der Waals surface area contributed by atoms with E-state index in [-0.39, 0.29) is 5.91 Å². The molecular formula is C25H23N5O2. The molecule has 4 rings (SSSR count). The second kappa shape index (κ2) is 8.16. The molecule has 0 saturated carbocycles. The maximum atomic E-state index is 13.4. The van der Waals surface area contributed by atoms with Crippen LogP contribution in [0.1, 0.15) is 32.7 Å². The summed E-state index contributed by atoms with van der Waals surface area (Å²) in [7, 11) is 3.83. The van der Waals surface area contributed by atoms with Gasteiger partial charge in [-0.1, -0.05) is 35.0 Å². The van der Waals surface area contributed by atoms with E-state index in [1.807, 2.05) is 63.2 Å². The van der Waals surface area contributed by atoms with E-state index in [4.69, 9.17) is 4.52 Å². The Balaban J connectivity index is 1.80. The average molecular weight is 425 g/mol. The average Bonchev–Trinajstić information content (AvgIpc) is 3.14.